The zero-order chi connectivity index (χ0) is 13.9. The van der Waals surface area contributed by atoms with Crippen LogP contribution in [0.3, 0.4) is 0 Å². The molecule has 2 aliphatic heterocycles. The highest BCUT2D eigenvalue weighted by Gasteiger charge is 2.23. The Hall–Kier alpha value is -1.09. The van der Waals surface area contributed by atoms with Gasteiger partial charge in [0, 0.05) is 25.3 Å². The van der Waals surface area contributed by atoms with Crippen molar-refractivity contribution in [2.24, 2.45) is 0 Å². The molecule has 1 aromatic rings. The van der Waals surface area contributed by atoms with E-state index in [2.05, 4.69) is 41.0 Å². The van der Waals surface area contributed by atoms with Gasteiger partial charge in [-0.05, 0) is 56.0 Å². The van der Waals surface area contributed by atoms with Gasteiger partial charge in [0.2, 0.25) is 0 Å². The minimum absolute atomic E-state index is 0.593. The van der Waals surface area contributed by atoms with Gasteiger partial charge in [0.05, 0.1) is 0 Å². The lowest BCUT2D eigenvalue weighted by atomic mass is 9.98. The molecule has 0 aliphatic carbocycles. The molecule has 110 valence electrons. The molecule has 2 nitrogen and oxygen atoms in total. The van der Waals surface area contributed by atoms with Crippen LogP contribution < -0.4 is 4.90 Å². The number of likely N-dealkylation sites (tertiary alicyclic amines) is 1. The fourth-order valence-electron chi connectivity index (χ4n) is 3.46. The summed E-state index contributed by atoms with van der Waals surface area (Å²) in [5.41, 5.74) is 2.72. The third-order valence-electron chi connectivity index (χ3n) is 4.87. The number of alkyl halides is 1. The van der Waals surface area contributed by atoms with Crippen molar-refractivity contribution in [1.82, 2.24) is 4.90 Å². The summed E-state index contributed by atoms with van der Waals surface area (Å²) in [5, 5.41) is 0. The number of benzene rings is 1. The zero-order valence-corrected chi connectivity index (χ0v) is 12.4. The quantitative estimate of drug-likeness (QED) is 0.834. The Balaban J connectivity index is 1.63. The fraction of sp³-hybridized carbons (Fsp3) is 0.647. The molecular formula is C17H25FN2. The highest BCUT2D eigenvalue weighted by molar-refractivity contribution is 5.48. The van der Waals surface area contributed by atoms with Crippen LogP contribution in [0.25, 0.3) is 0 Å². The number of nitrogens with zero attached hydrogens (tertiary/aromatic N) is 2. The summed E-state index contributed by atoms with van der Waals surface area (Å²) >= 11 is 0. The molecule has 0 amide bonds. The van der Waals surface area contributed by atoms with Crippen molar-refractivity contribution in [3.05, 3.63) is 29.8 Å². The maximum absolute atomic E-state index is 13.2. The molecule has 0 saturated carbocycles. The lowest BCUT2D eigenvalue weighted by molar-refractivity contribution is 0.277. The molecule has 1 atom stereocenters. The molecular weight excluding hydrogens is 251 g/mol. The molecule has 0 aromatic heterocycles. The third kappa shape index (κ3) is 2.98. The average Bonchev–Trinajstić information content (AvgIpc) is 2.97. The molecule has 0 radical (unpaired) electrons. The lowest BCUT2D eigenvalue weighted by Crippen LogP contribution is -2.34. The molecule has 2 saturated heterocycles. The number of piperidine rings is 1. The number of hydrogen-bond donors (Lipinski definition) is 0. The first-order valence-corrected chi connectivity index (χ1v) is 7.97. The first-order chi connectivity index (χ1) is 9.76. The van der Waals surface area contributed by atoms with Crippen LogP contribution >= 0.6 is 0 Å². The summed E-state index contributed by atoms with van der Waals surface area (Å²) in [6.45, 7) is 7.53. The van der Waals surface area contributed by atoms with Gasteiger partial charge in [-0.2, -0.15) is 0 Å². The van der Waals surface area contributed by atoms with Gasteiger partial charge in [-0.1, -0.05) is 19.1 Å². The van der Waals surface area contributed by atoms with Crippen LogP contribution in [0.2, 0.25) is 0 Å². The maximum atomic E-state index is 13.2. The Kier molecular flexibility index (Phi) is 4.25. The monoisotopic (exact) mass is 276 g/mol. The van der Waals surface area contributed by atoms with Crippen molar-refractivity contribution in [1.29, 1.82) is 0 Å². The summed E-state index contributed by atoms with van der Waals surface area (Å²) < 4.78 is 13.2. The van der Waals surface area contributed by atoms with E-state index >= 15 is 0 Å². The summed E-state index contributed by atoms with van der Waals surface area (Å²) in [5.74, 6) is 0.695. The largest absolute Gasteiger partial charge is 0.371 e. The predicted octanol–water partition coefficient (Wildman–Crippen LogP) is 3.43. The van der Waals surface area contributed by atoms with Crippen LogP contribution in [0, 0.1) is 0 Å². The van der Waals surface area contributed by atoms with Crippen molar-refractivity contribution in [3.8, 4) is 0 Å². The van der Waals surface area contributed by atoms with Crippen LogP contribution in [-0.4, -0.2) is 43.8 Å². The third-order valence-corrected chi connectivity index (χ3v) is 4.87. The van der Waals surface area contributed by atoms with Crippen LogP contribution in [0.1, 0.15) is 37.7 Å². The normalized spacial score (nSPS) is 25.3. The molecule has 1 aromatic carbocycles. The predicted molar refractivity (Wildman–Crippen MR) is 82.3 cm³/mol. The SMILES string of the molecule is CCN1CCC(c2ccc(N3CCC(F)CC3)cc2)C1. The summed E-state index contributed by atoms with van der Waals surface area (Å²) in [7, 11) is 0. The van der Waals surface area contributed by atoms with E-state index in [9.17, 15) is 4.39 Å². The van der Waals surface area contributed by atoms with Crippen molar-refractivity contribution >= 4 is 5.69 Å². The molecule has 0 bridgehead atoms. The lowest BCUT2D eigenvalue weighted by Gasteiger charge is -2.30. The van der Waals surface area contributed by atoms with Crippen LogP contribution in [-0.2, 0) is 0 Å². The second kappa shape index (κ2) is 6.13. The van der Waals surface area contributed by atoms with Gasteiger partial charge < -0.3 is 9.80 Å². The highest BCUT2D eigenvalue weighted by atomic mass is 19.1. The van der Waals surface area contributed by atoms with Crippen molar-refractivity contribution in [3.63, 3.8) is 0 Å². The molecule has 3 heteroatoms. The molecule has 20 heavy (non-hydrogen) atoms. The Labute approximate surface area is 121 Å². The summed E-state index contributed by atoms with van der Waals surface area (Å²) in [6.07, 6.45) is 2.04. The molecule has 1 unspecified atom stereocenters. The second-order valence-electron chi connectivity index (χ2n) is 6.13. The van der Waals surface area contributed by atoms with E-state index in [0.29, 0.717) is 18.8 Å². The molecule has 0 spiro atoms. The van der Waals surface area contributed by atoms with Gasteiger partial charge >= 0.3 is 0 Å². The number of rotatable bonds is 3. The van der Waals surface area contributed by atoms with Gasteiger partial charge in [-0.3, -0.25) is 0 Å². The molecule has 3 rings (SSSR count). The summed E-state index contributed by atoms with van der Waals surface area (Å²) in [6, 6.07) is 9.01. The number of likely N-dealkylation sites (N-methyl/N-ethyl adjacent to an activating group) is 1. The van der Waals surface area contributed by atoms with Crippen molar-refractivity contribution in [2.75, 3.05) is 37.6 Å². The number of halogens is 1. The number of anilines is 1. The van der Waals surface area contributed by atoms with Crippen LogP contribution in [0.15, 0.2) is 24.3 Å². The van der Waals surface area contributed by atoms with Gasteiger partial charge in [0.15, 0.2) is 0 Å². The Bertz CT molecular complexity index is 402. The summed E-state index contributed by atoms with van der Waals surface area (Å²) in [4.78, 5) is 4.83. The topological polar surface area (TPSA) is 6.48 Å². The minimum atomic E-state index is -0.593. The first kappa shape index (κ1) is 13.9. The van der Waals surface area contributed by atoms with E-state index in [0.717, 1.165) is 19.6 Å². The number of hydrogen-bond acceptors (Lipinski definition) is 2. The van der Waals surface area contributed by atoms with E-state index in [-0.39, 0.29) is 0 Å². The molecule has 2 aliphatic rings. The van der Waals surface area contributed by atoms with E-state index in [1.807, 2.05) is 0 Å². The van der Waals surface area contributed by atoms with Crippen molar-refractivity contribution in [2.45, 2.75) is 38.3 Å². The van der Waals surface area contributed by atoms with Crippen molar-refractivity contribution < 1.29 is 4.39 Å². The molecule has 2 heterocycles. The first-order valence-electron chi connectivity index (χ1n) is 7.97. The van der Waals surface area contributed by atoms with Gasteiger partial charge in [-0.15, -0.1) is 0 Å². The van der Waals surface area contributed by atoms with E-state index in [1.165, 1.54) is 30.8 Å². The Morgan fingerprint density at radius 2 is 1.75 bits per heavy atom. The van der Waals surface area contributed by atoms with Crippen LogP contribution in [0.5, 0.6) is 0 Å². The Morgan fingerprint density at radius 3 is 2.35 bits per heavy atom. The highest BCUT2D eigenvalue weighted by Crippen LogP contribution is 2.29. The van der Waals surface area contributed by atoms with Gasteiger partial charge in [0.25, 0.3) is 0 Å². The zero-order valence-electron chi connectivity index (χ0n) is 12.4. The average molecular weight is 276 g/mol. The fourth-order valence-corrected chi connectivity index (χ4v) is 3.46. The smallest absolute Gasteiger partial charge is 0.103 e. The minimum Gasteiger partial charge on any atom is -0.371 e. The van der Waals surface area contributed by atoms with E-state index in [4.69, 9.17) is 0 Å². The second-order valence-corrected chi connectivity index (χ2v) is 6.13. The molecule has 2 fully saturated rings. The van der Waals surface area contributed by atoms with E-state index < -0.39 is 6.17 Å². The van der Waals surface area contributed by atoms with Gasteiger partial charge in [-0.25, -0.2) is 4.39 Å². The van der Waals surface area contributed by atoms with E-state index in [1.54, 1.807) is 0 Å². The molecule has 0 N–H and O–H groups in total. The van der Waals surface area contributed by atoms with Crippen LogP contribution in [0.4, 0.5) is 10.1 Å². The standard InChI is InChI=1S/C17H25FN2/c1-2-19-10-7-15(13-19)14-3-5-17(6-4-14)20-11-8-16(18)9-12-20/h3-6,15-16H,2,7-13H2,1H3. The maximum Gasteiger partial charge on any atom is 0.103 e. The Morgan fingerprint density at radius 1 is 1.05 bits per heavy atom. The van der Waals surface area contributed by atoms with Gasteiger partial charge in [0.1, 0.15) is 6.17 Å².